The van der Waals surface area contributed by atoms with Crippen LogP contribution in [0.5, 0.6) is 0 Å². The van der Waals surface area contributed by atoms with Crippen LogP contribution in [0.4, 0.5) is 5.82 Å². The van der Waals surface area contributed by atoms with Crippen molar-refractivity contribution < 1.29 is 4.79 Å². The molecule has 0 atom stereocenters. The van der Waals surface area contributed by atoms with Gasteiger partial charge in [0.25, 0.3) is 5.91 Å². The summed E-state index contributed by atoms with van der Waals surface area (Å²) in [6.45, 7) is 6.71. The van der Waals surface area contributed by atoms with Crippen molar-refractivity contribution in [2.45, 2.75) is 27.3 Å². The Bertz CT molecular complexity index is 880. The van der Waals surface area contributed by atoms with E-state index in [1.165, 1.54) is 11.1 Å². The van der Waals surface area contributed by atoms with Gasteiger partial charge in [0.05, 0.1) is 6.54 Å². The van der Waals surface area contributed by atoms with Gasteiger partial charge in [-0.1, -0.05) is 47.5 Å². The molecule has 1 amide bonds. The molecular weight excluding hydrogens is 298 g/mol. The predicted octanol–water partition coefficient (Wildman–Crippen LogP) is 4.11. The fourth-order valence-corrected chi connectivity index (χ4v) is 2.77. The number of nitrogens with zero attached hydrogens (tertiary/aromatic N) is 2. The van der Waals surface area contributed by atoms with E-state index in [1.807, 2.05) is 55.1 Å². The van der Waals surface area contributed by atoms with Crippen molar-refractivity contribution in [3.05, 3.63) is 82.5 Å². The number of nitrogens with one attached hydrogen (secondary N) is 1. The van der Waals surface area contributed by atoms with Gasteiger partial charge in [-0.3, -0.25) is 9.48 Å². The summed E-state index contributed by atoms with van der Waals surface area (Å²) >= 11 is 0. The summed E-state index contributed by atoms with van der Waals surface area (Å²) in [5.41, 5.74) is 5.19. The molecule has 0 radical (unpaired) electrons. The number of aromatic nitrogens is 2. The molecule has 0 bridgehead atoms. The van der Waals surface area contributed by atoms with Crippen LogP contribution in [0.1, 0.15) is 32.6 Å². The average molecular weight is 319 g/mol. The third-order valence-corrected chi connectivity index (χ3v) is 3.94. The molecule has 4 nitrogen and oxygen atoms in total. The number of carbonyl (C=O) groups is 1. The van der Waals surface area contributed by atoms with Crippen LogP contribution in [0.15, 0.2) is 54.7 Å². The number of benzene rings is 2. The minimum atomic E-state index is -0.131. The van der Waals surface area contributed by atoms with Crippen molar-refractivity contribution >= 4 is 11.7 Å². The number of rotatable bonds is 4. The van der Waals surface area contributed by atoms with Gasteiger partial charge in [-0.25, -0.2) is 0 Å². The SMILES string of the molecule is Cc1cccc(Cn2ccc(NC(=O)c3ccc(C)cc3C)n2)c1. The molecule has 2 aromatic carbocycles. The van der Waals surface area contributed by atoms with Crippen LogP contribution in [-0.4, -0.2) is 15.7 Å². The molecule has 24 heavy (non-hydrogen) atoms. The fraction of sp³-hybridized carbons (Fsp3) is 0.200. The molecule has 0 aliphatic heterocycles. The Hall–Kier alpha value is -2.88. The monoisotopic (exact) mass is 319 g/mol. The van der Waals surface area contributed by atoms with E-state index < -0.39 is 0 Å². The standard InChI is InChI=1S/C20H21N3O/c1-14-5-4-6-17(12-14)13-23-10-9-19(22-23)21-20(24)18-8-7-15(2)11-16(18)3/h4-12H,13H2,1-3H3,(H,21,22,24). The summed E-state index contributed by atoms with van der Waals surface area (Å²) in [7, 11) is 0. The van der Waals surface area contributed by atoms with E-state index in [-0.39, 0.29) is 5.91 Å². The Morgan fingerprint density at radius 1 is 1.04 bits per heavy atom. The van der Waals surface area contributed by atoms with Gasteiger partial charge in [0.1, 0.15) is 0 Å². The third kappa shape index (κ3) is 3.71. The van der Waals surface area contributed by atoms with E-state index in [0.29, 0.717) is 17.9 Å². The number of carbonyl (C=O) groups excluding carboxylic acids is 1. The highest BCUT2D eigenvalue weighted by molar-refractivity contribution is 6.04. The minimum absolute atomic E-state index is 0.131. The second-order valence-corrected chi connectivity index (χ2v) is 6.16. The molecule has 0 spiro atoms. The molecule has 3 aromatic rings. The summed E-state index contributed by atoms with van der Waals surface area (Å²) < 4.78 is 1.83. The smallest absolute Gasteiger partial charge is 0.257 e. The van der Waals surface area contributed by atoms with Crippen LogP contribution in [-0.2, 0) is 6.54 Å². The Labute approximate surface area is 142 Å². The van der Waals surface area contributed by atoms with Crippen molar-refractivity contribution in [3.8, 4) is 0 Å². The molecule has 0 saturated heterocycles. The number of aryl methyl sites for hydroxylation is 3. The number of anilines is 1. The summed E-state index contributed by atoms with van der Waals surface area (Å²) in [5, 5.41) is 7.30. The van der Waals surface area contributed by atoms with E-state index in [1.54, 1.807) is 0 Å². The zero-order valence-electron chi connectivity index (χ0n) is 14.2. The molecular formula is C20H21N3O. The van der Waals surface area contributed by atoms with Crippen LogP contribution in [0.3, 0.4) is 0 Å². The lowest BCUT2D eigenvalue weighted by Gasteiger charge is -2.07. The highest BCUT2D eigenvalue weighted by Crippen LogP contribution is 2.13. The molecule has 0 aliphatic carbocycles. The maximum absolute atomic E-state index is 12.4. The van der Waals surface area contributed by atoms with Crippen molar-refractivity contribution in [2.24, 2.45) is 0 Å². The predicted molar refractivity (Wildman–Crippen MR) is 96.4 cm³/mol. The summed E-state index contributed by atoms with van der Waals surface area (Å²) in [5.74, 6) is 0.431. The molecule has 122 valence electrons. The van der Waals surface area contributed by atoms with E-state index in [9.17, 15) is 4.79 Å². The van der Waals surface area contributed by atoms with Gasteiger partial charge in [0.2, 0.25) is 0 Å². The molecule has 0 saturated carbocycles. The van der Waals surface area contributed by atoms with Crippen molar-refractivity contribution in [2.75, 3.05) is 5.32 Å². The zero-order chi connectivity index (χ0) is 17.1. The Morgan fingerprint density at radius 2 is 1.83 bits per heavy atom. The first-order valence-corrected chi connectivity index (χ1v) is 7.99. The second kappa shape index (κ2) is 6.71. The summed E-state index contributed by atoms with van der Waals surface area (Å²) in [6, 6.07) is 15.9. The van der Waals surface area contributed by atoms with Crippen LogP contribution in [0.2, 0.25) is 0 Å². The molecule has 0 aliphatic rings. The van der Waals surface area contributed by atoms with Gasteiger partial charge < -0.3 is 5.32 Å². The fourth-order valence-electron chi connectivity index (χ4n) is 2.77. The number of hydrogen-bond acceptors (Lipinski definition) is 2. The topological polar surface area (TPSA) is 46.9 Å². The maximum atomic E-state index is 12.4. The largest absolute Gasteiger partial charge is 0.305 e. The quantitative estimate of drug-likeness (QED) is 0.786. The molecule has 1 aromatic heterocycles. The van der Waals surface area contributed by atoms with Crippen LogP contribution >= 0.6 is 0 Å². The van der Waals surface area contributed by atoms with Gasteiger partial charge in [0, 0.05) is 17.8 Å². The Kier molecular flexibility index (Phi) is 4.47. The number of amides is 1. The molecule has 0 fully saturated rings. The van der Waals surface area contributed by atoms with Crippen LogP contribution < -0.4 is 5.32 Å². The summed E-state index contributed by atoms with van der Waals surface area (Å²) in [6.07, 6.45) is 1.87. The lowest BCUT2D eigenvalue weighted by Crippen LogP contribution is -2.14. The van der Waals surface area contributed by atoms with Crippen LogP contribution in [0.25, 0.3) is 0 Å². The van der Waals surface area contributed by atoms with Gasteiger partial charge in [-0.05, 0) is 38.0 Å². The van der Waals surface area contributed by atoms with E-state index in [2.05, 4.69) is 35.5 Å². The van der Waals surface area contributed by atoms with E-state index >= 15 is 0 Å². The van der Waals surface area contributed by atoms with Gasteiger partial charge in [-0.2, -0.15) is 5.10 Å². The number of hydrogen-bond donors (Lipinski definition) is 1. The van der Waals surface area contributed by atoms with Crippen molar-refractivity contribution in [3.63, 3.8) is 0 Å². The maximum Gasteiger partial charge on any atom is 0.257 e. The Morgan fingerprint density at radius 3 is 2.58 bits per heavy atom. The van der Waals surface area contributed by atoms with Crippen LogP contribution in [0, 0.1) is 20.8 Å². The molecule has 1 heterocycles. The molecule has 4 heteroatoms. The highest BCUT2D eigenvalue weighted by Gasteiger charge is 2.11. The Balaban J connectivity index is 1.70. The first-order valence-electron chi connectivity index (χ1n) is 7.99. The van der Waals surface area contributed by atoms with Gasteiger partial charge >= 0.3 is 0 Å². The van der Waals surface area contributed by atoms with Crippen molar-refractivity contribution in [1.29, 1.82) is 0 Å². The molecule has 3 rings (SSSR count). The normalized spacial score (nSPS) is 10.6. The van der Waals surface area contributed by atoms with Crippen molar-refractivity contribution in [1.82, 2.24) is 9.78 Å². The van der Waals surface area contributed by atoms with Gasteiger partial charge in [-0.15, -0.1) is 0 Å². The molecule has 0 unspecified atom stereocenters. The van der Waals surface area contributed by atoms with E-state index in [0.717, 1.165) is 11.1 Å². The first kappa shape index (κ1) is 16.0. The third-order valence-electron chi connectivity index (χ3n) is 3.94. The zero-order valence-corrected chi connectivity index (χ0v) is 14.2. The lowest BCUT2D eigenvalue weighted by molar-refractivity contribution is 0.102. The summed E-state index contributed by atoms with van der Waals surface area (Å²) in [4.78, 5) is 12.4. The first-order chi connectivity index (χ1) is 11.5. The highest BCUT2D eigenvalue weighted by atomic mass is 16.1. The average Bonchev–Trinajstić information content (AvgIpc) is 2.94. The second-order valence-electron chi connectivity index (χ2n) is 6.16. The lowest BCUT2D eigenvalue weighted by atomic mass is 10.1. The minimum Gasteiger partial charge on any atom is -0.305 e. The van der Waals surface area contributed by atoms with E-state index in [4.69, 9.17) is 0 Å². The molecule has 1 N–H and O–H groups in total. The van der Waals surface area contributed by atoms with Gasteiger partial charge in [0.15, 0.2) is 5.82 Å².